The van der Waals surface area contributed by atoms with Crippen LogP contribution < -0.4 is 10.1 Å². The van der Waals surface area contributed by atoms with Crippen LogP contribution >= 0.6 is 11.3 Å². The zero-order valence-corrected chi connectivity index (χ0v) is 11.7. The lowest BCUT2D eigenvalue weighted by atomic mass is 10.1. The highest BCUT2D eigenvalue weighted by atomic mass is 32.1. The lowest BCUT2D eigenvalue weighted by Gasteiger charge is -2.04. The summed E-state index contributed by atoms with van der Waals surface area (Å²) in [5.41, 5.74) is -0.284. The molecule has 21 heavy (non-hydrogen) atoms. The van der Waals surface area contributed by atoms with Crippen LogP contribution in [0, 0.1) is 0 Å². The van der Waals surface area contributed by atoms with Gasteiger partial charge in [-0.3, -0.25) is 4.79 Å². The van der Waals surface area contributed by atoms with Crippen molar-refractivity contribution >= 4 is 22.4 Å². The van der Waals surface area contributed by atoms with Gasteiger partial charge in [0.05, 0.1) is 13.5 Å². The molecule has 0 aliphatic carbocycles. The Kier molecular flexibility index (Phi) is 4.46. The third-order valence-corrected chi connectivity index (χ3v) is 3.32. The van der Waals surface area contributed by atoms with Crippen LogP contribution in [-0.4, -0.2) is 18.0 Å². The van der Waals surface area contributed by atoms with E-state index in [9.17, 15) is 18.0 Å². The van der Waals surface area contributed by atoms with Crippen molar-refractivity contribution in [1.82, 2.24) is 4.98 Å². The Morgan fingerprint density at radius 2 is 2.00 bits per heavy atom. The predicted molar refractivity (Wildman–Crippen MR) is 72.4 cm³/mol. The smallest absolute Gasteiger partial charge is 0.434 e. The standard InChI is InChI=1S/C13H11F3N2O2S/c1-20-9-4-2-8(3-5-9)6-11(19)18-12-17-10(7-21-12)13(14,15)16/h2-5,7H,6H2,1H3,(H,17,18,19). The maximum Gasteiger partial charge on any atom is 0.434 e. The van der Waals surface area contributed by atoms with E-state index in [1.807, 2.05) is 0 Å². The molecule has 0 atom stereocenters. The molecule has 112 valence electrons. The van der Waals surface area contributed by atoms with Crippen molar-refractivity contribution in [1.29, 1.82) is 0 Å². The summed E-state index contributed by atoms with van der Waals surface area (Å²) in [5.74, 6) is 0.233. The number of nitrogens with zero attached hydrogens (tertiary/aromatic N) is 1. The van der Waals surface area contributed by atoms with Gasteiger partial charge in [-0.05, 0) is 17.7 Å². The number of alkyl halides is 3. The molecule has 2 aromatic rings. The summed E-state index contributed by atoms with van der Waals surface area (Å²) in [4.78, 5) is 15.1. The van der Waals surface area contributed by atoms with Gasteiger partial charge in [-0.25, -0.2) is 4.98 Å². The highest BCUT2D eigenvalue weighted by Gasteiger charge is 2.33. The van der Waals surface area contributed by atoms with Gasteiger partial charge in [-0.1, -0.05) is 12.1 Å². The van der Waals surface area contributed by atoms with E-state index in [1.54, 1.807) is 24.3 Å². The first kappa shape index (κ1) is 15.3. The Morgan fingerprint density at radius 3 is 2.52 bits per heavy atom. The van der Waals surface area contributed by atoms with Gasteiger partial charge in [-0.15, -0.1) is 11.3 Å². The monoisotopic (exact) mass is 316 g/mol. The molecular weight excluding hydrogens is 305 g/mol. The van der Waals surface area contributed by atoms with Gasteiger partial charge in [0.25, 0.3) is 0 Å². The first-order valence-corrected chi connectivity index (χ1v) is 6.72. The summed E-state index contributed by atoms with van der Waals surface area (Å²) in [7, 11) is 1.53. The zero-order valence-electron chi connectivity index (χ0n) is 10.9. The molecule has 1 amide bonds. The Labute approximate surface area is 122 Å². The molecular formula is C13H11F3N2O2S. The number of ether oxygens (including phenoxy) is 1. The number of carbonyl (C=O) groups excluding carboxylic acids is 1. The van der Waals surface area contributed by atoms with Gasteiger partial charge in [0.1, 0.15) is 5.75 Å². The van der Waals surface area contributed by atoms with Gasteiger partial charge in [0.15, 0.2) is 10.8 Å². The van der Waals surface area contributed by atoms with Gasteiger partial charge < -0.3 is 10.1 Å². The van der Waals surface area contributed by atoms with Crippen molar-refractivity contribution in [2.75, 3.05) is 12.4 Å². The molecule has 0 spiro atoms. The Bertz CT molecular complexity index is 623. The number of nitrogens with one attached hydrogen (secondary N) is 1. The van der Waals surface area contributed by atoms with E-state index in [0.29, 0.717) is 5.75 Å². The Morgan fingerprint density at radius 1 is 1.33 bits per heavy atom. The van der Waals surface area contributed by atoms with Crippen molar-refractivity contribution < 1.29 is 22.7 Å². The molecule has 2 rings (SSSR count). The Hall–Kier alpha value is -2.09. The lowest BCUT2D eigenvalue weighted by Crippen LogP contribution is -2.14. The largest absolute Gasteiger partial charge is 0.497 e. The summed E-state index contributed by atoms with van der Waals surface area (Å²) < 4.78 is 42.1. The van der Waals surface area contributed by atoms with Gasteiger partial charge in [-0.2, -0.15) is 13.2 Å². The molecule has 1 aromatic heterocycles. The van der Waals surface area contributed by atoms with Crippen LogP contribution in [0.2, 0.25) is 0 Å². The summed E-state index contributed by atoms with van der Waals surface area (Å²) in [6.07, 6.45) is -4.46. The van der Waals surface area contributed by atoms with Crippen LogP contribution in [0.15, 0.2) is 29.6 Å². The molecule has 1 heterocycles. The molecule has 0 saturated heterocycles. The third-order valence-electron chi connectivity index (χ3n) is 2.56. The summed E-state index contributed by atoms with van der Waals surface area (Å²) in [6.45, 7) is 0. The normalized spacial score (nSPS) is 11.2. The predicted octanol–water partition coefficient (Wildman–Crippen LogP) is 3.35. The molecule has 4 nitrogen and oxygen atoms in total. The SMILES string of the molecule is COc1ccc(CC(=O)Nc2nc(C(F)(F)F)cs2)cc1. The van der Waals surface area contributed by atoms with E-state index in [2.05, 4.69) is 10.3 Å². The molecule has 0 bridgehead atoms. The third kappa shape index (κ3) is 4.19. The minimum Gasteiger partial charge on any atom is -0.497 e. The number of amides is 1. The zero-order chi connectivity index (χ0) is 15.5. The van der Waals surface area contributed by atoms with Crippen LogP contribution in [0.3, 0.4) is 0 Å². The number of halogens is 3. The van der Waals surface area contributed by atoms with Gasteiger partial charge in [0.2, 0.25) is 5.91 Å². The lowest BCUT2D eigenvalue weighted by molar-refractivity contribution is -0.140. The summed E-state index contributed by atoms with van der Waals surface area (Å²) >= 11 is 0.738. The van der Waals surface area contributed by atoms with Gasteiger partial charge in [0, 0.05) is 5.38 Å². The van der Waals surface area contributed by atoms with E-state index in [-0.39, 0.29) is 11.6 Å². The van der Waals surface area contributed by atoms with Gasteiger partial charge >= 0.3 is 6.18 Å². The minimum atomic E-state index is -4.50. The maximum absolute atomic E-state index is 12.4. The molecule has 0 saturated carbocycles. The highest BCUT2D eigenvalue weighted by Crippen LogP contribution is 2.31. The molecule has 0 unspecified atom stereocenters. The number of hydrogen-bond acceptors (Lipinski definition) is 4. The second kappa shape index (κ2) is 6.13. The van der Waals surface area contributed by atoms with E-state index in [0.717, 1.165) is 22.3 Å². The molecule has 0 aliphatic rings. The second-order valence-electron chi connectivity index (χ2n) is 4.11. The maximum atomic E-state index is 12.4. The van der Waals surface area contributed by atoms with Crippen molar-refractivity contribution in [2.24, 2.45) is 0 Å². The molecule has 0 radical (unpaired) electrons. The van der Waals surface area contributed by atoms with E-state index in [4.69, 9.17) is 4.74 Å². The van der Waals surface area contributed by atoms with Crippen LogP contribution in [-0.2, 0) is 17.4 Å². The number of anilines is 1. The van der Waals surface area contributed by atoms with Crippen molar-refractivity contribution in [2.45, 2.75) is 12.6 Å². The molecule has 1 N–H and O–H groups in total. The fourth-order valence-electron chi connectivity index (χ4n) is 1.55. The number of rotatable bonds is 4. The van der Waals surface area contributed by atoms with Crippen molar-refractivity contribution in [3.63, 3.8) is 0 Å². The number of hydrogen-bond donors (Lipinski definition) is 1. The van der Waals surface area contributed by atoms with E-state index in [1.165, 1.54) is 7.11 Å². The minimum absolute atomic E-state index is 0.0466. The van der Waals surface area contributed by atoms with E-state index >= 15 is 0 Å². The quantitative estimate of drug-likeness (QED) is 0.941. The number of aromatic nitrogens is 1. The fourth-order valence-corrected chi connectivity index (χ4v) is 2.29. The molecule has 8 heteroatoms. The first-order valence-electron chi connectivity index (χ1n) is 5.84. The van der Waals surface area contributed by atoms with Crippen LogP contribution in [0.4, 0.5) is 18.3 Å². The Balaban J connectivity index is 1.96. The number of thiazole rings is 1. The van der Waals surface area contributed by atoms with Crippen molar-refractivity contribution in [3.8, 4) is 5.75 Å². The summed E-state index contributed by atoms with van der Waals surface area (Å²) in [6, 6.07) is 6.82. The van der Waals surface area contributed by atoms with Crippen LogP contribution in [0.5, 0.6) is 5.75 Å². The molecule has 1 aromatic carbocycles. The average Bonchev–Trinajstić information content (AvgIpc) is 2.88. The molecule has 0 fully saturated rings. The number of benzene rings is 1. The average molecular weight is 316 g/mol. The van der Waals surface area contributed by atoms with Crippen LogP contribution in [0.25, 0.3) is 0 Å². The number of carbonyl (C=O) groups is 1. The second-order valence-corrected chi connectivity index (χ2v) is 4.97. The topological polar surface area (TPSA) is 51.2 Å². The highest BCUT2D eigenvalue weighted by molar-refractivity contribution is 7.13. The molecule has 0 aliphatic heterocycles. The van der Waals surface area contributed by atoms with Crippen LogP contribution in [0.1, 0.15) is 11.3 Å². The summed E-state index contributed by atoms with van der Waals surface area (Å²) in [5, 5.41) is 3.14. The van der Waals surface area contributed by atoms with E-state index < -0.39 is 17.8 Å². The first-order chi connectivity index (χ1) is 9.88. The van der Waals surface area contributed by atoms with Crippen molar-refractivity contribution in [3.05, 3.63) is 40.9 Å². The number of methoxy groups -OCH3 is 1. The fraction of sp³-hybridized carbons (Fsp3) is 0.231.